The Hall–Kier alpha value is -2.15. The Morgan fingerprint density at radius 1 is 0.938 bits per heavy atom. The zero-order chi connectivity index (χ0) is 22.9. The van der Waals surface area contributed by atoms with Gasteiger partial charge in [-0.3, -0.25) is 0 Å². The average molecular weight is 488 g/mol. The van der Waals surface area contributed by atoms with Gasteiger partial charge in [0.25, 0.3) is 0 Å². The molecule has 0 aromatic heterocycles. The lowest BCUT2D eigenvalue weighted by Crippen LogP contribution is -2.42. The van der Waals surface area contributed by atoms with Gasteiger partial charge in [0.1, 0.15) is 0 Å². The maximum atomic E-state index is 14.1. The molecule has 32 heavy (non-hydrogen) atoms. The van der Waals surface area contributed by atoms with Gasteiger partial charge < -0.3 is 5.11 Å². The van der Waals surface area contributed by atoms with Gasteiger partial charge in [-0.25, -0.2) is 8.42 Å². The average Bonchev–Trinajstić information content (AvgIpc) is 2.79. The molecule has 1 aliphatic heterocycles. The topological polar surface area (TPSA) is 57.6 Å². The van der Waals surface area contributed by atoms with E-state index in [1.165, 1.54) is 4.31 Å². The van der Waals surface area contributed by atoms with Crippen LogP contribution in [0.5, 0.6) is 0 Å². The summed E-state index contributed by atoms with van der Waals surface area (Å²) in [4.78, 5) is 0.241. The van der Waals surface area contributed by atoms with Crippen LogP contribution in [-0.4, -0.2) is 24.4 Å². The quantitative estimate of drug-likeness (QED) is 0.442. The lowest BCUT2D eigenvalue weighted by atomic mass is 9.90. The van der Waals surface area contributed by atoms with E-state index in [0.717, 1.165) is 5.56 Å². The van der Waals surface area contributed by atoms with Crippen molar-refractivity contribution in [1.82, 2.24) is 4.31 Å². The number of aliphatic hydroxyl groups is 1. The van der Waals surface area contributed by atoms with Gasteiger partial charge in [-0.1, -0.05) is 71.7 Å². The predicted octanol–water partition coefficient (Wildman–Crippen LogP) is 6.10. The molecular formula is C25H23Cl2NO3S. The largest absolute Gasteiger partial charge is 0.392 e. The van der Waals surface area contributed by atoms with E-state index < -0.39 is 22.1 Å². The number of nitrogens with zero attached hydrogens (tertiary/aromatic N) is 1. The molecule has 1 N–H and O–H groups in total. The zero-order valence-corrected chi connectivity index (χ0v) is 19.8. The number of aliphatic hydroxyl groups excluding tert-OH is 1. The molecule has 0 saturated carbocycles. The highest BCUT2D eigenvalue weighted by Gasteiger charge is 2.42. The number of halogens is 2. The van der Waals surface area contributed by atoms with Gasteiger partial charge in [0.2, 0.25) is 10.0 Å². The molecule has 2 atom stereocenters. The van der Waals surface area contributed by atoms with Crippen molar-refractivity contribution in [2.45, 2.75) is 30.3 Å². The molecule has 0 fully saturated rings. The molecule has 7 heteroatoms. The molecule has 0 aliphatic carbocycles. The fourth-order valence-electron chi connectivity index (χ4n) is 4.24. The van der Waals surface area contributed by atoms with E-state index in [-0.39, 0.29) is 11.5 Å². The van der Waals surface area contributed by atoms with Crippen molar-refractivity contribution in [2.75, 3.05) is 6.61 Å². The first-order valence-corrected chi connectivity index (χ1v) is 12.4. The molecule has 0 saturated heterocycles. The standard InChI is InChI=1S/C25H23Cl2NO3S/c1-17-5-2-3-8-24(17)32(30,31)28-23(18-9-12-21(26)13-10-18)14-11-20(16-29)25(28)19-6-4-7-22(27)15-19/h2-13,15,23,25,29H,14,16H2,1H3/t23-,25-/m0/s1. The molecule has 0 unspecified atom stereocenters. The molecular weight excluding hydrogens is 465 g/mol. The molecule has 0 amide bonds. The van der Waals surface area contributed by atoms with Gasteiger partial charge in [0.15, 0.2) is 0 Å². The van der Waals surface area contributed by atoms with E-state index >= 15 is 0 Å². The molecule has 4 nitrogen and oxygen atoms in total. The van der Waals surface area contributed by atoms with Gasteiger partial charge in [-0.05, 0) is 65.9 Å². The lowest BCUT2D eigenvalue weighted by molar-refractivity contribution is 0.230. The highest BCUT2D eigenvalue weighted by atomic mass is 35.5. The van der Waals surface area contributed by atoms with E-state index in [9.17, 15) is 13.5 Å². The number of rotatable bonds is 5. The van der Waals surface area contributed by atoms with Gasteiger partial charge in [-0.15, -0.1) is 0 Å². The maximum Gasteiger partial charge on any atom is 0.244 e. The van der Waals surface area contributed by atoms with Crippen LogP contribution in [-0.2, 0) is 10.0 Å². The Labute approximate surface area is 198 Å². The van der Waals surface area contributed by atoms with Gasteiger partial charge in [-0.2, -0.15) is 4.31 Å². The van der Waals surface area contributed by atoms with Crippen molar-refractivity contribution in [2.24, 2.45) is 0 Å². The predicted molar refractivity (Wildman–Crippen MR) is 128 cm³/mol. The molecule has 1 heterocycles. The van der Waals surface area contributed by atoms with Gasteiger partial charge >= 0.3 is 0 Å². The molecule has 3 aromatic carbocycles. The van der Waals surface area contributed by atoms with Crippen LogP contribution in [0.25, 0.3) is 0 Å². The van der Waals surface area contributed by atoms with Crippen LogP contribution in [0.4, 0.5) is 0 Å². The Kier molecular flexibility index (Phi) is 6.75. The molecule has 0 radical (unpaired) electrons. The van der Waals surface area contributed by atoms with E-state index in [2.05, 4.69) is 0 Å². The van der Waals surface area contributed by atoms with Crippen molar-refractivity contribution in [3.8, 4) is 0 Å². The van der Waals surface area contributed by atoms with Crippen LogP contribution in [0.15, 0.2) is 89.3 Å². The normalized spacial score (nSPS) is 19.6. The van der Waals surface area contributed by atoms with Crippen molar-refractivity contribution < 1.29 is 13.5 Å². The van der Waals surface area contributed by atoms with Crippen LogP contribution in [0.1, 0.15) is 35.2 Å². The zero-order valence-electron chi connectivity index (χ0n) is 17.4. The third-order valence-electron chi connectivity index (χ3n) is 5.77. The summed E-state index contributed by atoms with van der Waals surface area (Å²) in [6.07, 6.45) is 2.36. The summed E-state index contributed by atoms with van der Waals surface area (Å²) < 4.78 is 29.8. The fraction of sp³-hybridized carbons (Fsp3) is 0.200. The maximum absolute atomic E-state index is 14.1. The monoisotopic (exact) mass is 487 g/mol. The summed E-state index contributed by atoms with van der Waals surface area (Å²) in [7, 11) is -3.95. The highest BCUT2D eigenvalue weighted by molar-refractivity contribution is 7.89. The SMILES string of the molecule is Cc1ccccc1S(=O)(=O)N1[C@@H](c2cccc(Cl)c2)C(CO)=CC[C@H]1c1ccc(Cl)cc1. The summed E-state index contributed by atoms with van der Waals surface area (Å²) in [6.45, 7) is 1.52. The summed E-state index contributed by atoms with van der Waals surface area (Å²) in [5, 5.41) is 11.2. The summed E-state index contributed by atoms with van der Waals surface area (Å²) in [6, 6.07) is 20.1. The fourth-order valence-corrected chi connectivity index (χ4v) is 6.60. The Morgan fingerprint density at radius 3 is 2.31 bits per heavy atom. The minimum absolute atomic E-state index is 0.241. The summed E-state index contributed by atoms with van der Waals surface area (Å²) >= 11 is 12.4. The van der Waals surface area contributed by atoms with Crippen molar-refractivity contribution >= 4 is 33.2 Å². The van der Waals surface area contributed by atoms with Crippen molar-refractivity contribution in [1.29, 1.82) is 0 Å². The number of hydrogen-bond donors (Lipinski definition) is 1. The van der Waals surface area contributed by atoms with Gasteiger partial charge in [0.05, 0.1) is 23.6 Å². The van der Waals surface area contributed by atoms with Crippen LogP contribution in [0, 0.1) is 6.92 Å². The minimum atomic E-state index is -3.95. The molecule has 1 aliphatic rings. The number of benzene rings is 3. The Morgan fingerprint density at radius 2 is 1.66 bits per heavy atom. The smallest absolute Gasteiger partial charge is 0.244 e. The van der Waals surface area contributed by atoms with E-state index in [0.29, 0.717) is 33.2 Å². The third kappa shape index (κ3) is 4.36. The lowest BCUT2D eigenvalue weighted by Gasteiger charge is -2.41. The molecule has 4 rings (SSSR count). The minimum Gasteiger partial charge on any atom is -0.392 e. The number of aryl methyl sites for hydroxylation is 1. The molecule has 3 aromatic rings. The number of hydrogen-bond acceptors (Lipinski definition) is 3. The van der Waals surface area contributed by atoms with E-state index in [1.54, 1.807) is 55.5 Å². The second-order valence-corrected chi connectivity index (χ2v) is 10.5. The molecule has 0 bridgehead atoms. The first kappa shape index (κ1) is 23.0. The molecule has 0 spiro atoms. The first-order valence-electron chi connectivity index (χ1n) is 10.2. The van der Waals surface area contributed by atoms with Gasteiger partial charge in [0, 0.05) is 10.0 Å². The second-order valence-electron chi connectivity index (χ2n) is 7.80. The van der Waals surface area contributed by atoms with Crippen LogP contribution < -0.4 is 0 Å². The van der Waals surface area contributed by atoms with Crippen LogP contribution in [0.2, 0.25) is 10.0 Å². The third-order valence-corrected chi connectivity index (χ3v) is 8.29. The second kappa shape index (κ2) is 9.38. The number of sulfonamides is 1. The van der Waals surface area contributed by atoms with Crippen molar-refractivity contribution in [3.63, 3.8) is 0 Å². The van der Waals surface area contributed by atoms with Crippen LogP contribution in [0.3, 0.4) is 0 Å². The van der Waals surface area contributed by atoms with E-state index in [4.69, 9.17) is 23.2 Å². The van der Waals surface area contributed by atoms with Crippen molar-refractivity contribution in [3.05, 3.63) is 111 Å². The summed E-state index contributed by atoms with van der Waals surface area (Å²) in [5.74, 6) is 0. The van der Waals surface area contributed by atoms with E-state index in [1.807, 2.05) is 30.3 Å². The molecule has 166 valence electrons. The summed E-state index contributed by atoms with van der Waals surface area (Å²) in [5.41, 5.74) is 2.81. The first-order chi connectivity index (χ1) is 15.3. The Bertz CT molecular complexity index is 1260. The van der Waals surface area contributed by atoms with Crippen LogP contribution >= 0.6 is 23.2 Å². The highest BCUT2D eigenvalue weighted by Crippen LogP contribution is 2.46. The Balaban J connectivity index is 1.96.